The van der Waals surface area contributed by atoms with Gasteiger partial charge in [-0.3, -0.25) is 0 Å². The van der Waals surface area contributed by atoms with Crippen molar-refractivity contribution in [2.45, 2.75) is 49.4 Å². The van der Waals surface area contributed by atoms with Crippen molar-refractivity contribution in [2.24, 2.45) is 0 Å². The minimum absolute atomic E-state index is 0.102. The summed E-state index contributed by atoms with van der Waals surface area (Å²) in [5.41, 5.74) is -0.0308. The van der Waals surface area contributed by atoms with Crippen LogP contribution in [0.5, 0.6) is 17.2 Å². The third kappa shape index (κ3) is 3.99. The van der Waals surface area contributed by atoms with E-state index in [0.29, 0.717) is 5.75 Å². The Labute approximate surface area is 212 Å². The van der Waals surface area contributed by atoms with Crippen LogP contribution in [0.2, 0.25) is 0 Å². The van der Waals surface area contributed by atoms with Crippen LogP contribution in [-0.4, -0.2) is 33.4 Å². The van der Waals surface area contributed by atoms with Gasteiger partial charge in [-0.1, -0.05) is 42.8 Å². The van der Waals surface area contributed by atoms with E-state index >= 15 is 0 Å². The number of carbonyl (C=O) groups is 1. The predicted molar refractivity (Wildman–Crippen MR) is 135 cm³/mol. The Balaban J connectivity index is 1.65. The number of rotatable bonds is 8. The van der Waals surface area contributed by atoms with Crippen LogP contribution < -0.4 is 14.2 Å². The zero-order chi connectivity index (χ0) is 25.2. The zero-order valence-electron chi connectivity index (χ0n) is 21.0. The Bertz CT molecular complexity index is 1130. The maximum Gasteiger partial charge on any atom is 0.347 e. The topological polar surface area (TPSA) is 66.5 Å². The molecule has 1 unspecified atom stereocenters. The Morgan fingerprint density at radius 3 is 1.50 bits per heavy atom. The van der Waals surface area contributed by atoms with Gasteiger partial charge in [0.2, 0.25) is 5.60 Å². The molecule has 1 aliphatic heterocycles. The van der Waals surface area contributed by atoms with Crippen molar-refractivity contribution in [2.75, 3.05) is 21.3 Å². The number of hydrogen-bond donors (Lipinski definition) is 0. The Morgan fingerprint density at radius 2 is 1.08 bits per heavy atom. The van der Waals surface area contributed by atoms with Crippen LogP contribution in [0.4, 0.5) is 0 Å². The molecule has 188 valence electrons. The molecule has 1 saturated carbocycles. The van der Waals surface area contributed by atoms with E-state index in [2.05, 4.69) is 0 Å². The van der Waals surface area contributed by atoms with Crippen LogP contribution in [-0.2, 0) is 25.5 Å². The molecule has 0 radical (unpaired) electrons. The predicted octanol–water partition coefficient (Wildman–Crippen LogP) is 5.76. The van der Waals surface area contributed by atoms with Gasteiger partial charge in [-0.2, -0.15) is 0 Å². The molecule has 1 aliphatic carbocycles. The molecule has 0 bridgehead atoms. The van der Waals surface area contributed by atoms with Crippen molar-refractivity contribution in [1.82, 2.24) is 0 Å². The van der Waals surface area contributed by atoms with Crippen molar-refractivity contribution in [3.8, 4) is 17.2 Å². The lowest BCUT2D eigenvalue weighted by Crippen LogP contribution is -2.36. The first-order valence-corrected chi connectivity index (χ1v) is 12.4. The summed E-state index contributed by atoms with van der Waals surface area (Å²) in [6.45, 7) is 0. The van der Waals surface area contributed by atoms with Crippen LogP contribution in [0, 0.1) is 0 Å². The molecule has 6 heteroatoms. The summed E-state index contributed by atoms with van der Waals surface area (Å²) in [7, 11) is 4.88. The van der Waals surface area contributed by atoms with Gasteiger partial charge in [0.15, 0.2) is 5.60 Å². The first-order valence-electron chi connectivity index (χ1n) is 12.4. The minimum atomic E-state index is -1.35. The van der Waals surface area contributed by atoms with Crippen molar-refractivity contribution in [3.05, 3.63) is 89.5 Å². The van der Waals surface area contributed by atoms with Crippen LogP contribution in [0.3, 0.4) is 0 Å². The molecule has 5 rings (SSSR count). The van der Waals surface area contributed by atoms with Gasteiger partial charge in [0.25, 0.3) is 0 Å². The van der Waals surface area contributed by atoms with E-state index < -0.39 is 11.2 Å². The lowest BCUT2D eigenvalue weighted by molar-refractivity contribution is -0.157. The summed E-state index contributed by atoms with van der Waals surface area (Å²) in [5, 5.41) is 0. The van der Waals surface area contributed by atoms with Crippen LogP contribution >= 0.6 is 0 Å². The normalized spacial score (nSPS) is 20.9. The fourth-order valence-corrected chi connectivity index (χ4v) is 5.36. The van der Waals surface area contributed by atoms with Gasteiger partial charge in [-0.05, 0) is 78.8 Å². The van der Waals surface area contributed by atoms with Gasteiger partial charge in [-0.15, -0.1) is 0 Å². The van der Waals surface area contributed by atoms with E-state index in [4.69, 9.17) is 23.7 Å². The Hall–Kier alpha value is -3.51. The van der Waals surface area contributed by atoms with Gasteiger partial charge in [-0.25, -0.2) is 4.79 Å². The van der Waals surface area contributed by atoms with E-state index in [-0.39, 0.29) is 12.1 Å². The average molecular weight is 489 g/mol. The molecule has 2 aliphatic rings. The molecule has 0 amide bonds. The number of methoxy groups -OCH3 is 3. The third-order valence-corrected chi connectivity index (χ3v) is 7.36. The van der Waals surface area contributed by atoms with Gasteiger partial charge < -0.3 is 23.7 Å². The summed E-state index contributed by atoms with van der Waals surface area (Å²) >= 11 is 0. The second-order valence-corrected chi connectivity index (χ2v) is 9.32. The highest BCUT2D eigenvalue weighted by atomic mass is 16.7. The van der Waals surface area contributed by atoms with Crippen LogP contribution in [0.1, 0.15) is 48.8 Å². The second kappa shape index (κ2) is 9.86. The summed E-state index contributed by atoms with van der Waals surface area (Å²) in [6.07, 6.45) is 4.96. The maximum absolute atomic E-state index is 14.1. The van der Waals surface area contributed by atoms with Crippen molar-refractivity contribution in [1.29, 1.82) is 0 Å². The van der Waals surface area contributed by atoms with Crippen molar-refractivity contribution < 1.29 is 28.5 Å². The number of benzene rings is 3. The van der Waals surface area contributed by atoms with E-state index in [1.54, 1.807) is 21.3 Å². The number of esters is 1. The van der Waals surface area contributed by atoms with Gasteiger partial charge in [0.1, 0.15) is 23.4 Å². The highest BCUT2D eigenvalue weighted by Gasteiger charge is 2.78. The molecule has 0 aromatic heterocycles. The van der Waals surface area contributed by atoms with Crippen molar-refractivity contribution >= 4 is 5.97 Å². The van der Waals surface area contributed by atoms with E-state index in [9.17, 15) is 4.79 Å². The highest BCUT2D eigenvalue weighted by molar-refractivity contribution is 5.89. The maximum atomic E-state index is 14.1. The van der Waals surface area contributed by atoms with Crippen LogP contribution in [0.15, 0.2) is 72.8 Å². The SMILES string of the molecule is COc1ccc(C2(C(=O)OC3CCCCC3)OC2(c2ccc(OC)cc2)c2ccc(OC)cc2)cc1. The molecule has 3 aromatic carbocycles. The highest BCUT2D eigenvalue weighted by Crippen LogP contribution is 2.66. The lowest BCUT2D eigenvalue weighted by atomic mass is 9.77. The molecule has 0 N–H and O–H groups in total. The van der Waals surface area contributed by atoms with Gasteiger partial charge >= 0.3 is 5.97 Å². The van der Waals surface area contributed by atoms with E-state index in [1.165, 1.54) is 6.42 Å². The minimum Gasteiger partial charge on any atom is -0.497 e. The van der Waals surface area contributed by atoms with Crippen molar-refractivity contribution in [3.63, 3.8) is 0 Å². The molecule has 3 aromatic rings. The van der Waals surface area contributed by atoms with E-state index in [0.717, 1.165) is 53.9 Å². The third-order valence-electron chi connectivity index (χ3n) is 7.36. The molecule has 0 spiro atoms. The molecule has 1 atom stereocenters. The Kier molecular flexibility index (Phi) is 6.63. The smallest absolute Gasteiger partial charge is 0.347 e. The molecule has 1 saturated heterocycles. The fourth-order valence-electron chi connectivity index (χ4n) is 5.36. The molecular formula is C30H32O6. The Morgan fingerprint density at radius 1 is 0.667 bits per heavy atom. The van der Waals surface area contributed by atoms with Gasteiger partial charge in [0.05, 0.1) is 21.3 Å². The standard InChI is InChI=1S/C30H32O6/c1-32-24-15-9-21(10-16-24)29(22-11-17-25(33-2)18-12-22)30(36-29,23-13-19-26(34-3)20-14-23)28(31)35-27-7-5-4-6-8-27/h9-20,27H,4-8H2,1-3H3. The molecule has 2 fully saturated rings. The van der Waals surface area contributed by atoms with Gasteiger partial charge in [0, 0.05) is 0 Å². The fraction of sp³-hybridized carbons (Fsp3) is 0.367. The van der Waals surface area contributed by atoms with Crippen LogP contribution in [0.25, 0.3) is 0 Å². The molecular weight excluding hydrogens is 456 g/mol. The molecule has 36 heavy (non-hydrogen) atoms. The number of carbonyl (C=O) groups excluding carboxylic acids is 1. The first-order chi connectivity index (χ1) is 17.6. The zero-order valence-corrected chi connectivity index (χ0v) is 21.0. The lowest BCUT2D eigenvalue weighted by Gasteiger charge is -2.26. The second-order valence-electron chi connectivity index (χ2n) is 9.32. The first kappa shape index (κ1) is 24.2. The quantitative estimate of drug-likeness (QED) is 0.297. The average Bonchev–Trinajstić information content (AvgIpc) is 3.66. The summed E-state index contributed by atoms with van der Waals surface area (Å²) in [5.74, 6) is 1.79. The summed E-state index contributed by atoms with van der Waals surface area (Å²) < 4.78 is 29.0. The molecule has 6 nitrogen and oxygen atoms in total. The molecule has 1 heterocycles. The summed E-state index contributed by atoms with van der Waals surface area (Å²) in [6, 6.07) is 22.8. The monoisotopic (exact) mass is 488 g/mol. The summed E-state index contributed by atoms with van der Waals surface area (Å²) in [4.78, 5) is 14.1. The number of ether oxygens (including phenoxy) is 5. The van der Waals surface area contributed by atoms with E-state index in [1.807, 2.05) is 72.8 Å². The number of epoxide rings is 1. The number of hydrogen-bond acceptors (Lipinski definition) is 6. The largest absolute Gasteiger partial charge is 0.497 e.